The van der Waals surface area contributed by atoms with Crippen molar-refractivity contribution in [2.45, 2.75) is 26.2 Å². The van der Waals surface area contributed by atoms with Gasteiger partial charge >= 0.3 is 11.7 Å². The summed E-state index contributed by atoms with van der Waals surface area (Å²) in [4.78, 5) is 51.2. The van der Waals surface area contributed by atoms with E-state index in [4.69, 9.17) is 5.53 Å². The summed E-state index contributed by atoms with van der Waals surface area (Å²) in [6.45, 7) is 5.10. The highest BCUT2D eigenvalue weighted by atomic mass is 16.5. The van der Waals surface area contributed by atoms with E-state index in [2.05, 4.69) is 16.1 Å². The van der Waals surface area contributed by atoms with E-state index in [-0.39, 0.29) is 26.0 Å². The summed E-state index contributed by atoms with van der Waals surface area (Å²) < 4.78 is 4.58. The van der Waals surface area contributed by atoms with Gasteiger partial charge in [-0.2, -0.15) is 4.79 Å². The van der Waals surface area contributed by atoms with E-state index >= 15 is 0 Å². The monoisotopic (exact) mass is 307 g/mol. The molecule has 1 rings (SSSR count). The molecule has 1 fully saturated rings. The maximum atomic E-state index is 12.1. The average Bonchev–Trinajstić information content (AvgIpc) is 2.87. The molecule has 0 radical (unpaired) electrons. The van der Waals surface area contributed by atoms with Gasteiger partial charge in [-0.1, -0.05) is 6.08 Å². The van der Waals surface area contributed by atoms with Gasteiger partial charge < -0.3 is 10.3 Å². The molecule has 1 unspecified atom stereocenters. The van der Waals surface area contributed by atoms with Crippen LogP contribution in [0.15, 0.2) is 12.7 Å². The second-order valence-electron chi connectivity index (χ2n) is 4.59. The topological polar surface area (TPSA) is 117 Å². The van der Waals surface area contributed by atoms with Crippen LogP contribution < -0.4 is 0 Å². The van der Waals surface area contributed by atoms with Crippen LogP contribution in [0.4, 0.5) is 0 Å². The Morgan fingerprint density at radius 1 is 1.50 bits per heavy atom. The number of amides is 2. The van der Waals surface area contributed by atoms with Crippen LogP contribution in [0.5, 0.6) is 0 Å². The fourth-order valence-corrected chi connectivity index (χ4v) is 2.09. The van der Waals surface area contributed by atoms with Gasteiger partial charge in [0.25, 0.3) is 5.78 Å². The second kappa shape index (κ2) is 7.99. The highest BCUT2D eigenvalue weighted by molar-refractivity contribution is 6.64. The number of rotatable bonds is 7. The molecule has 0 bridgehead atoms. The first-order valence-corrected chi connectivity index (χ1v) is 6.86. The van der Waals surface area contributed by atoms with Crippen molar-refractivity contribution in [3.05, 3.63) is 18.2 Å². The molecule has 1 aliphatic rings. The molecule has 0 spiro atoms. The minimum atomic E-state index is -1.21. The molecule has 0 saturated carbocycles. The Kier molecular flexibility index (Phi) is 6.34. The van der Waals surface area contributed by atoms with E-state index in [9.17, 15) is 19.2 Å². The summed E-state index contributed by atoms with van der Waals surface area (Å²) in [6, 6.07) is 0. The lowest BCUT2D eigenvalue weighted by Crippen LogP contribution is -2.39. The summed E-state index contributed by atoms with van der Waals surface area (Å²) in [7, 11) is 0. The first-order valence-electron chi connectivity index (χ1n) is 6.86. The Hall–Kier alpha value is -2.60. The van der Waals surface area contributed by atoms with E-state index < -0.39 is 35.2 Å². The molecule has 0 aliphatic carbocycles. The van der Waals surface area contributed by atoms with Crippen LogP contribution in [0.1, 0.15) is 26.2 Å². The summed E-state index contributed by atoms with van der Waals surface area (Å²) >= 11 is 0. The summed E-state index contributed by atoms with van der Waals surface area (Å²) in [5.41, 5.74) is 7.96. The number of imide groups is 1. The van der Waals surface area contributed by atoms with E-state index in [0.717, 1.165) is 4.90 Å². The molecule has 1 saturated heterocycles. The third-order valence-corrected chi connectivity index (χ3v) is 3.19. The molecular weight excluding hydrogens is 290 g/mol. The van der Waals surface area contributed by atoms with Crippen LogP contribution in [0, 0.1) is 5.92 Å². The van der Waals surface area contributed by atoms with Gasteiger partial charge in [-0.3, -0.25) is 19.3 Å². The molecule has 2 amide bonds. The van der Waals surface area contributed by atoms with Crippen molar-refractivity contribution < 1.29 is 28.7 Å². The molecule has 8 heteroatoms. The Balaban J connectivity index is 2.82. The maximum Gasteiger partial charge on any atom is 0.442 e. The van der Waals surface area contributed by atoms with Crippen molar-refractivity contribution in [2.75, 3.05) is 13.2 Å². The molecule has 22 heavy (non-hydrogen) atoms. The van der Waals surface area contributed by atoms with Crippen LogP contribution in [0.25, 0.3) is 5.53 Å². The lowest BCUT2D eigenvalue weighted by atomic mass is 9.99. The zero-order valence-electron chi connectivity index (χ0n) is 12.3. The highest BCUT2D eigenvalue weighted by Crippen LogP contribution is 2.21. The smallest absolute Gasteiger partial charge is 0.442 e. The number of Topliss-reactive ketones (excluding diaryl/α,β-unsaturated/α-hetero) is 1. The lowest BCUT2D eigenvalue weighted by molar-refractivity contribution is -0.145. The Bertz CT molecular complexity index is 563. The molecule has 118 valence electrons. The Morgan fingerprint density at radius 3 is 2.73 bits per heavy atom. The quantitative estimate of drug-likeness (QED) is 0.165. The number of allylic oxidation sites excluding steroid dienone is 1. The van der Waals surface area contributed by atoms with Gasteiger partial charge in [0.1, 0.15) is 5.92 Å². The molecular formula is C14H17N3O5. The minimum absolute atomic E-state index is 0.00406. The summed E-state index contributed by atoms with van der Waals surface area (Å²) in [5, 5.41) is 0. The molecule has 0 N–H and O–H groups in total. The van der Waals surface area contributed by atoms with Gasteiger partial charge in [-0.05, 0) is 19.8 Å². The molecule has 1 heterocycles. The van der Waals surface area contributed by atoms with Crippen LogP contribution in [0.2, 0.25) is 0 Å². The molecule has 1 aliphatic heterocycles. The van der Waals surface area contributed by atoms with Crippen molar-refractivity contribution in [1.82, 2.24) is 4.90 Å². The third-order valence-electron chi connectivity index (χ3n) is 3.19. The first-order chi connectivity index (χ1) is 10.5. The van der Waals surface area contributed by atoms with Gasteiger partial charge in [0.2, 0.25) is 11.8 Å². The SMILES string of the molecule is C=CCCC(=O)N1CCC(C(=O)C(=[N+]=[N-])C(=O)OCC)C1=O. The second-order valence-corrected chi connectivity index (χ2v) is 4.59. The van der Waals surface area contributed by atoms with Gasteiger partial charge in [-0.15, -0.1) is 6.58 Å². The molecule has 0 aromatic rings. The number of esters is 1. The zero-order chi connectivity index (χ0) is 16.7. The standard InChI is InChI=1S/C14H17N3O5/c1-3-5-6-10(18)17-8-7-9(13(17)20)12(19)11(16-15)14(21)22-4-2/h3,9H,1,4-8H2,2H3. The van der Waals surface area contributed by atoms with E-state index in [1.165, 1.54) is 6.92 Å². The summed E-state index contributed by atoms with van der Waals surface area (Å²) in [6.07, 6.45) is 2.18. The Morgan fingerprint density at radius 2 is 2.18 bits per heavy atom. The molecule has 8 nitrogen and oxygen atoms in total. The van der Waals surface area contributed by atoms with Crippen LogP contribution in [0.3, 0.4) is 0 Å². The van der Waals surface area contributed by atoms with E-state index in [0.29, 0.717) is 6.42 Å². The fourth-order valence-electron chi connectivity index (χ4n) is 2.09. The first kappa shape index (κ1) is 17.5. The van der Waals surface area contributed by atoms with E-state index in [1.54, 1.807) is 6.08 Å². The van der Waals surface area contributed by atoms with Gasteiger partial charge in [0.15, 0.2) is 0 Å². The third kappa shape index (κ3) is 3.73. The average molecular weight is 307 g/mol. The van der Waals surface area contributed by atoms with Crippen molar-refractivity contribution in [1.29, 1.82) is 0 Å². The molecule has 1 atom stereocenters. The van der Waals surface area contributed by atoms with Gasteiger partial charge in [0.05, 0.1) is 6.61 Å². The zero-order valence-corrected chi connectivity index (χ0v) is 12.3. The van der Waals surface area contributed by atoms with Crippen LogP contribution in [-0.4, -0.2) is 52.1 Å². The van der Waals surface area contributed by atoms with Crippen molar-refractivity contribution in [3.8, 4) is 0 Å². The van der Waals surface area contributed by atoms with Gasteiger partial charge in [0, 0.05) is 13.0 Å². The summed E-state index contributed by atoms with van der Waals surface area (Å²) in [5.74, 6) is -4.34. The normalized spacial score (nSPS) is 16.9. The van der Waals surface area contributed by atoms with Crippen LogP contribution >= 0.6 is 0 Å². The number of hydrogen-bond donors (Lipinski definition) is 0. The predicted molar refractivity (Wildman–Crippen MR) is 74.5 cm³/mol. The maximum absolute atomic E-state index is 12.1. The number of carbonyl (C=O) groups excluding carboxylic acids is 4. The molecule has 0 aromatic carbocycles. The number of nitrogens with zero attached hydrogens (tertiary/aromatic N) is 3. The number of ether oxygens (including phenoxy) is 1. The van der Waals surface area contributed by atoms with E-state index in [1.807, 2.05) is 0 Å². The predicted octanol–water partition coefficient (Wildman–Crippen LogP) is 0.131. The Labute approximate surface area is 127 Å². The number of likely N-dealkylation sites (tertiary alicyclic amines) is 1. The number of carbonyl (C=O) groups is 4. The highest BCUT2D eigenvalue weighted by Gasteiger charge is 2.46. The lowest BCUT2D eigenvalue weighted by Gasteiger charge is -2.13. The van der Waals surface area contributed by atoms with Crippen molar-refractivity contribution in [3.63, 3.8) is 0 Å². The number of hydrogen-bond acceptors (Lipinski definition) is 5. The number of ketones is 1. The molecule has 0 aromatic heterocycles. The van der Waals surface area contributed by atoms with Gasteiger partial charge in [-0.25, -0.2) is 4.79 Å². The largest absolute Gasteiger partial charge is 0.457 e. The van der Waals surface area contributed by atoms with Crippen molar-refractivity contribution in [2.24, 2.45) is 5.92 Å². The fraction of sp³-hybridized carbons (Fsp3) is 0.500. The minimum Gasteiger partial charge on any atom is -0.457 e. The van der Waals surface area contributed by atoms with Crippen molar-refractivity contribution >= 4 is 29.3 Å². The van der Waals surface area contributed by atoms with Crippen LogP contribution in [-0.2, 0) is 23.9 Å².